The van der Waals surface area contributed by atoms with Crippen LogP contribution in [0, 0.1) is 11.8 Å². The number of carbonyl (C=O) groups excluding carboxylic acids is 1. The third-order valence-corrected chi connectivity index (χ3v) is 6.92. The van der Waals surface area contributed by atoms with Crippen LogP contribution in [0.3, 0.4) is 0 Å². The first-order valence-corrected chi connectivity index (χ1v) is 13.1. The van der Waals surface area contributed by atoms with E-state index in [-0.39, 0.29) is 11.4 Å². The van der Waals surface area contributed by atoms with E-state index < -0.39 is 5.91 Å². The summed E-state index contributed by atoms with van der Waals surface area (Å²) in [4.78, 5) is 24.9. The average Bonchev–Trinajstić information content (AvgIpc) is 3.56. The predicted octanol–water partition coefficient (Wildman–Crippen LogP) is 4.97. The van der Waals surface area contributed by atoms with E-state index in [1.165, 1.54) is 11.1 Å². The highest BCUT2D eigenvalue weighted by Gasteiger charge is 2.13. The zero-order valence-electron chi connectivity index (χ0n) is 21.4. The topological polar surface area (TPSA) is 126 Å². The van der Waals surface area contributed by atoms with Gasteiger partial charge in [0.25, 0.3) is 5.91 Å². The summed E-state index contributed by atoms with van der Waals surface area (Å²) in [6.07, 6.45) is 7.75. The molecule has 0 radical (unpaired) electrons. The quantitative estimate of drug-likeness (QED) is 0.311. The maximum Gasteiger partial charge on any atom is 0.254 e. The van der Waals surface area contributed by atoms with E-state index in [2.05, 4.69) is 69.5 Å². The molecule has 39 heavy (non-hydrogen) atoms. The number of thiophene rings is 1. The number of nitrogen functional groups attached to an aromatic ring is 1. The first kappa shape index (κ1) is 25.6. The van der Waals surface area contributed by atoms with Crippen molar-refractivity contribution < 1.29 is 4.79 Å². The standard InChI is InChI=1S/C21H17N3S.C9H8N4O/c1-3-20-18(16-7-5-4-6-8-16)11-19-17(14-25-21(19)23-20)10-9-15-12-22-24(2)13-15;10-8-6(9(11)14)7-5(4-13-8)2-1-3-12-7/h4-8,11-14H,3H2,1-2H3;1-4H,(H2,10,13)(H2,11,14). The zero-order chi connectivity index (χ0) is 27.4. The van der Waals surface area contributed by atoms with Gasteiger partial charge in [0, 0.05) is 58.6 Å². The van der Waals surface area contributed by atoms with E-state index in [1.807, 2.05) is 19.3 Å². The minimum atomic E-state index is -0.612. The lowest BCUT2D eigenvalue weighted by Crippen LogP contribution is -2.15. The SMILES string of the molecule is CCc1nc2scc(C#Cc3cnn(C)c3)c2cc1-c1ccccc1.NC(=O)c1c(N)ncc2cccnc12. The number of pyridine rings is 3. The Hall–Kier alpha value is -5.07. The molecule has 1 amide bonds. The van der Waals surface area contributed by atoms with Gasteiger partial charge in [0.2, 0.25) is 0 Å². The molecule has 0 aliphatic rings. The summed E-state index contributed by atoms with van der Waals surface area (Å²) < 4.78 is 1.76. The number of hydrogen-bond donors (Lipinski definition) is 2. The fourth-order valence-corrected chi connectivity index (χ4v) is 5.03. The number of anilines is 1. The monoisotopic (exact) mass is 531 g/mol. The Kier molecular flexibility index (Phi) is 7.30. The molecule has 9 heteroatoms. The van der Waals surface area contributed by atoms with Crippen molar-refractivity contribution in [3.63, 3.8) is 0 Å². The molecule has 0 atom stereocenters. The summed E-state index contributed by atoms with van der Waals surface area (Å²) in [7, 11) is 1.90. The lowest BCUT2D eigenvalue weighted by molar-refractivity contribution is 0.100. The molecule has 0 spiro atoms. The normalized spacial score (nSPS) is 10.5. The molecule has 0 bridgehead atoms. The van der Waals surface area contributed by atoms with Crippen LogP contribution >= 0.6 is 11.3 Å². The first-order valence-electron chi connectivity index (χ1n) is 12.2. The highest BCUT2D eigenvalue weighted by Crippen LogP contribution is 2.31. The van der Waals surface area contributed by atoms with E-state index >= 15 is 0 Å². The van der Waals surface area contributed by atoms with Crippen LogP contribution in [-0.4, -0.2) is 30.6 Å². The van der Waals surface area contributed by atoms with Gasteiger partial charge in [-0.2, -0.15) is 5.10 Å². The summed E-state index contributed by atoms with van der Waals surface area (Å²) in [6.45, 7) is 2.15. The number of rotatable bonds is 3. The molecule has 8 nitrogen and oxygen atoms in total. The summed E-state index contributed by atoms with van der Waals surface area (Å²) in [6, 6.07) is 16.2. The van der Waals surface area contributed by atoms with Gasteiger partial charge in [-0.15, -0.1) is 11.3 Å². The lowest BCUT2D eigenvalue weighted by Gasteiger charge is -2.08. The van der Waals surface area contributed by atoms with Crippen molar-refractivity contribution in [1.82, 2.24) is 24.7 Å². The van der Waals surface area contributed by atoms with Crippen LogP contribution in [0.1, 0.15) is 34.1 Å². The van der Waals surface area contributed by atoms with Gasteiger partial charge in [0.15, 0.2) is 0 Å². The minimum Gasteiger partial charge on any atom is -0.383 e. The third-order valence-electron chi connectivity index (χ3n) is 6.03. The molecule has 0 saturated heterocycles. The van der Waals surface area contributed by atoms with Gasteiger partial charge < -0.3 is 11.5 Å². The van der Waals surface area contributed by atoms with Gasteiger partial charge in [-0.1, -0.05) is 49.1 Å². The Balaban J connectivity index is 0.000000186. The molecule has 0 unspecified atom stereocenters. The number of benzene rings is 1. The van der Waals surface area contributed by atoms with Crippen LogP contribution in [0.5, 0.6) is 0 Å². The second-order valence-electron chi connectivity index (χ2n) is 8.68. The van der Waals surface area contributed by atoms with E-state index in [4.69, 9.17) is 16.5 Å². The number of amides is 1. The van der Waals surface area contributed by atoms with Crippen LogP contribution in [0.4, 0.5) is 5.82 Å². The minimum absolute atomic E-state index is 0.115. The molecule has 0 aliphatic carbocycles. The average molecular weight is 532 g/mol. The maximum atomic E-state index is 11.1. The molecule has 0 fully saturated rings. The van der Waals surface area contributed by atoms with Crippen molar-refractivity contribution in [2.75, 3.05) is 5.73 Å². The predicted molar refractivity (Wildman–Crippen MR) is 156 cm³/mol. The molecule has 0 saturated carbocycles. The van der Waals surface area contributed by atoms with Crippen molar-refractivity contribution in [2.24, 2.45) is 12.8 Å². The van der Waals surface area contributed by atoms with Crippen molar-refractivity contribution in [2.45, 2.75) is 13.3 Å². The number of fused-ring (bicyclic) bond motifs is 2. The molecule has 192 valence electrons. The molecular formula is C30H25N7OS. The maximum absolute atomic E-state index is 11.1. The van der Waals surface area contributed by atoms with Gasteiger partial charge in [-0.3, -0.25) is 14.5 Å². The Labute approximate surface area is 229 Å². The second kappa shape index (κ2) is 11.1. The Morgan fingerprint density at radius 3 is 2.62 bits per heavy atom. The van der Waals surface area contributed by atoms with E-state index in [1.54, 1.807) is 46.7 Å². The van der Waals surface area contributed by atoms with E-state index in [9.17, 15) is 4.79 Å². The van der Waals surface area contributed by atoms with Crippen molar-refractivity contribution in [3.05, 3.63) is 101 Å². The Morgan fingerprint density at radius 1 is 1.08 bits per heavy atom. The number of nitrogens with two attached hydrogens (primary N) is 2. The molecule has 4 N–H and O–H groups in total. The fourth-order valence-electron chi connectivity index (χ4n) is 4.15. The van der Waals surface area contributed by atoms with Gasteiger partial charge in [-0.25, -0.2) is 9.97 Å². The molecule has 5 aromatic heterocycles. The number of primary amides is 1. The summed E-state index contributed by atoms with van der Waals surface area (Å²) in [5.74, 6) is 5.98. The van der Waals surface area contributed by atoms with Crippen LogP contribution in [0.2, 0.25) is 0 Å². The van der Waals surface area contributed by atoms with Crippen LogP contribution < -0.4 is 11.5 Å². The Morgan fingerprint density at radius 2 is 1.90 bits per heavy atom. The van der Waals surface area contributed by atoms with Gasteiger partial charge >= 0.3 is 0 Å². The molecule has 5 heterocycles. The number of nitrogens with zero attached hydrogens (tertiary/aromatic N) is 5. The lowest BCUT2D eigenvalue weighted by atomic mass is 10.0. The fraction of sp³-hybridized carbons (Fsp3) is 0.100. The molecule has 1 aromatic carbocycles. The van der Waals surface area contributed by atoms with E-state index in [0.29, 0.717) is 5.52 Å². The van der Waals surface area contributed by atoms with Crippen LogP contribution in [-0.2, 0) is 13.5 Å². The third kappa shape index (κ3) is 5.46. The van der Waals surface area contributed by atoms with Gasteiger partial charge in [-0.05, 0) is 30.2 Å². The zero-order valence-corrected chi connectivity index (χ0v) is 22.2. The van der Waals surface area contributed by atoms with Gasteiger partial charge in [0.1, 0.15) is 16.2 Å². The molecule has 6 aromatic rings. The summed E-state index contributed by atoms with van der Waals surface area (Å²) >= 11 is 1.65. The molecule has 6 rings (SSSR count). The molecular weight excluding hydrogens is 506 g/mol. The number of carbonyl (C=O) groups is 1. The van der Waals surface area contributed by atoms with Crippen molar-refractivity contribution >= 4 is 44.2 Å². The summed E-state index contributed by atoms with van der Waals surface area (Å²) in [5, 5.41) is 8.12. The van der Waals surface area contributed by atoms with Crippen molar-refractivity contribution in [1.29, 1.82) is 0 Å². The first-order chi connectivity index (χ1) is 18.9. The van der Waals surface area contributed by atoms with E-state index in [0.717, 1.165) is 38.8 Å². The number of aromatic nitrogens is 5. The van der Waals surface area contributed by atoms with Crippen molar-refractivity contribution in [3.8, 4) is 23.0 Å². The number of aryl methyl sites for hydroxylation is 2. The Bertz CT molecular complexity index is 1860. The van der Waals surface area contributed by atoms with Crippen LogP contribution in [0.15, 0.2) is 78.7 Å². The second-order valence-corrected chi connectivity index (χ2v) is 9.54. The van der Waals surface area contributed by atoms with Crippen LogP contribution in [0.25, 0.3) is 32.2 Å². The number of hydrogen-bond acceptors (Lipinski definition) is 7. The highest BCUT2D eigenvalue weighted by molar-refractivity contribution is 7.17. The smallest absolute Gasteiger partial charge is 0.254 e. The molecule has 0 aliphatic heterocycles. The summed E-state index contributed by atoms with van der Waals surface area (Å²) in [5.41, 5.74) is 16.9. The largest absolute Gasteiger partial charge is 0.383 e. The van der Waals surface area contributed by atoms with Gasteiger partial charge in [0.05, 0.1) is 17.3 Å². The highest BCUT2D eigenvalue weighted by atomic mass is 32.1.